The molecule has 3 aromatic rings. The van der Waals surface area contributed by atoms with Crippen LogP contribution in [0, 0.1) is 11.3 Å². The van der Waals surface area contributed by atoms with Gasteiger partial charge in [0.05, 0.1) is 22.7 Å². The Labute approximate surface area is 119 Å². The number of anilines is 1. The first-order valence-corrected chi connectivity index (χ1v) is 6.81. The number of aromatic nitrogens is 2. The summed E-state index contributed by atoms with van der Waals surface area (Å²) in [6.45, 7) is 0.522. The molecular weight excluding hydrogens is 272 g/mol. The van der Waals surface area contributed by atoms with E-state index in [-0.39, 0.29) is 0 Å². The molecule has 0 fully saturated rings. The molecule has 3 rings (SSSR count). The number of rotatable bonds is 4. The largest absolute Gasteiger partial charge is 0.443 e. The number of hydrogen-bond acceptors (Lipinski definition) is 6. The summed E-state index contributed by atoms with van der Waals surface area (Å²) in [6, 6.07) is 9.44. The van der Waals surface area contributed by atoms with Gasteiger partial charge in [0.25, 0.3) is 0 Å². The van der Waals surface area contributed by atoms with Crippen LogP contribution in [-0.2, 0) is 6.54 Å². The van der Waals surface area contributed by atoms with E-state index < -0.39 is 0 Å². The van der Waals surface area contributed by atoms with Crippen molar-refractivity contribution in [3.8, 4) is 16.8 Å². The molecule has 0 amide bonds. The maximum Gasteiger partial charge on any atom is 0.236 e. The third-order valence-corrected chi connectivity index (χ3v) is 3.48. The third kappa shape index (κ3) is 2.68. The highest BCUT2D eigenvalue weighted by Gasteiger charge is 2.07. The lowest BCUT2D eigenvalue weighted by atomic mass is 10.3. The number of pyridine rings is 1. The van der Waals surface area contributed by atoms with Gasteiger partial charge in [0.1, 0.15) is 18.2 Å². The van der Waals surface area contributed by atoms with Crippen molar-refractivity contribution >= 4 is 17.2 Å². The molecule has 0 saturated heterocycles. The van der Waals surface area contributed by atoms with Gasteiger partial charge in [0.15, 0.2) is 0 Å². The molecule has 0 aromatic carbocycles. The van der Waals surface area contributed by atoms with Gasteiger partial charge in [-0.1, -0.05) is 6.07 Å². The van der Waals surface area contributed by atoms with E-state index in [1.165, 1.54) is 6.20 Å². The van der Waals surface area contributed by atoms with Crippen molar-refractivity contribution < 1.29 is 4.42 Å². The molecule has 0 unspecified atom stereocenters. The van der Waals surface area contributed by atoms with Crippen LogP contribution in [0.1, 0.15) is 11.3 Å². The third-order valence-electron chi connectivity index (χ3n) is 2.63. The van der Waals surface area contributed by atoms with Gasteiger partial charge >= 0.3 is 0 Å². The maximum atomic E-state index is 8.70. The van der Waals surface area contributed by atoms with Crippen molar-refractivity contribution in [3.05, 3.63) is 53.4 Å². The summed E-state index contributed by atoms with van der Waals surface area (Å²) in [6.07, 6.45) is 3.16. The molecule has 3 aromatic heterocycles. The van der Waals surface area contributed by atoms with E-state index in [4.69, 9.17) is 9.68 Å². The number of nitriles is 1. The Kier molecular flexibility index (Phi) is 3.44. The van der Waals surface area contributed by atoms with E-state index in [1.807, 2.05) is 23.6 Å². The summed E-state index contributed by atoms with van der Waals surface area (Å²) in [5.74, 6) is 1.33. The summed E-state index contributed by atoms with van der Waals surface area (Å²) in [5.41, 5.74) is 1.34. The Hall–Kier alpha value is -2.65. The zero-order valence-corrected chi connectivity index (χ0v) is 11.2. The number of thiophene rings is 1. The summed E-state index contributed by atoms with van der Waals surface area (Å²) < 4.78 is 5.43. The van der Waals surface area contributed by atoms with Gasteiger partial charge in [-0.25, -0.2) is 9.97 Å². The van der Waals surface area contributed by atoms with Crippen LogP contribution in [-0.4, -0.2) is 9.97 Å². The van der Waals surface area contributed by atoms with Gasteiger partial charge in [-0.2, -0.15) is 5.26 Å². The number of nitrogens with one attached hydrogen (secondary N) is 1. The molecule has 0 bridgehead atoms. The zero-order valence-electron chi connectivity index (χ0n) is 10.4. The SMILES string of the molecule is N#Cc1ccc(NCc2coc(-c3cccs3)n2)nc1. The fourth-order valence-electron chi connectivity index (χ4n) is 1.65. The predicted octanol–water partition coefficient (Wildman–Crippen LogP) is 3.28. The average Bonchev–Trinajstić information content (AvgIpc) is 3.16. The molecule has 6 heteroatoms. The lowest BCUT2D eigenvalue weighted by molar-refractivity contribution is 0.574. The van der Waals surface area contributed by atoms with Gasteiger partial charge in [0, 0.05) is 6.20 Å². The van der Waals surface area contributed by atoms with Crippen LogP contribution in [0.25, 0.3) is 10.8 Å². The molecule has 1 N–H and O–H groups in total. The first-order valence-electron chi connectivity index (χ1n) is 5.93. The zero-order chi connectivity index (χ0) is 13.8. The van der Waals surface area contributed by atoms with Crippen LogP contribution < -0.4 is 5.32 Å². The van der Waals surface area contributed by atoms with Crippen LogP contribution in [0.4, 0.5) is 5.82 Å². The Balaban J connectivity index is 1.65. The number of oxazole rings is 1. The molecule has 20 heavy (non-hydrogen) atoms. The summed E-state index contributed by atoms with van der Waals surface area (Å²) in [7, 11) is 0. The van der Waals surface area contributed by atoms with E-state index >= 15 is 0 Å². The van der Waals surface area contributed by atoms with Crippen molar-refractivity contribution in [1.82, 2.24) is 9.97 Å². The highest BCUT2D eigenvalue weighted by Crippen LogP contribution is 2.23. The highest BCUT2D eigenvalue weighted by molar-refractivity contribution is 7.13. The van der Waals surface area contributed by atoms with Crippen molar-refractivity contribution in [2.24, 2.45) is 0 Å². The van der Waals surface area contributed by atoms with Crippen molar-refractivity contribution in [2.75, 3.05) is 5.32 Å². The monoisotopic (exact) mass is 282 g/mol. The van der Waals surface area contributed by atoms with Crippen molar-refractivity contribution in [3.63, 3.8) is 0 Å². The topological polar surface area (TPSA) is 74.7 Å². The molecular formula is C14H10N4OS. The molecule has 0 spiro atoms. The molecule has 0 saturated carbocycles. The molecule has 0 radical (unpaired) electrons. The standard InChI is InChI=1S/C14H10N4OS/c15-6-10-3-4-13(16-7-10)17-8-11-9-19-14(18-11)12-2-1-5-20-12/h1-5,7,9H,8H2,(H,16,17). The molecule has 98 valence electrons. The molecule has 0 aliphatic heterocycles. The van der Waals surface area contributed by atoms with Gasteiger partial charge < -0.3 is 9.73 Å². The Morgan fingerprint density at radius 1 is 1.35 bits per heavy atom. The van der Waals surface area contributed by atoms with E-state index in [2.05, 4.69) is 15.3 Å². The van der Waals surface area contributed by atoms with Gasteiger partial charge in [-0.15, -0.1) is 11.3 Å². The van der Waals surface area contributed by atoms with E-state index in [1.54, 1.807) is 29.7 Å². The van der Waals surface area contributed by atoms with Crippen LogP contribution in [0.5, 0.6) is 0 Å². The minimum atomic E-state index is 0.522. The van der Waals surface area contributed by atoms with Crippen molar-refractivity contribution in [1.29, 1.82) is 5.26 Å². The van der Waals surface area contributed by atoms with Gasteiger partial charge in [-0.05, 0) is 23.6 Å². The number of nitrogens with zero attached hydrogens (tertiary/aromatic N) is 3. The number of hydrogen-bond donors (Lipinski definition) is 1. The lowest BCUT2D eigenvalue weighted by Gasteiger charge is -2.01. The van der Waals surface area contributed by atoms with Crippen LogP contribution in [0.15, 0.2) is 46.5 Å². The predicted molar refractivity (Wildman–Crippen MR) is 76.1 cm³/mol. The van der Waals surface area contributed by atoms with Gasteiger partial charge in [0.2, 0.25) is 5.89 Å². The molecule has 0 atom stereocenters. The summed E-state index contributed by atoms with van der Waals surface area (Å²) in [5, 5.41) is 13.8. The van der Waals surface area contributed by atoms with E-state index in [9.17, 15) is 0 Å². The highest BCUT2D eigenvalue weighted by atomic mass is 32.1. The Bertz CT molecular complexity index is 725. The van der Waals surface area contributed by atoms with Gasteiger partial charge in [-0.3, -0.25) is 0 Å². The van der Waals surface area contributed by atoms with Crippen molar-refractivity contribution in [2.45, 2.75) is 6.54 Å². The molecule has 3 heterocycles. The summed E-state index contributed by atoms with van der Waals surface area (Å²) in [4.78, 5) is 9.54. The first kappa shape index (κ1) is 12.4. The van der Waals surface area contributed by atoms with Crippen LogP contribution in [0.3, 0.4) is 0 Å². The normalized spacial score (nSPS) is 10.2. The molecule has 5 nitrogen and oxygen atoms in total. The second-order valence-electron chi connectivity index (χ2n) is 4.02. The second kappa shape index (κ2) is 5.55. The van der Waals surface area contributed by atoms with E-state index in [0.717, 1.165) is 10.6 Å². The fourth-order valence-corrected chi connectivity index (χ4v) is 2.30. The van der Waals surface area contributed by atoms with Crippen LogP contribution >= 0.6 is 11.3 Å². The Morgan fingerprint density at radius 2 is 2.30 bits per heavy atom. The fraction of sp³-hybridized carbons (Fsp3) is 0.0714. The minimum Gasteiger partial charge on any atom is -0.443 e. The second-order valence-corrected chi connectivity index (χ2v) is 4.97. The maximum absolute atomic E-state index is 8.70. The Morgan fingerprint density at radius 3 is 3.00 bits per heavy atom. The molecule has 0 aliphatic carbocycles. The first-order chi connectivity index (χ1) is 9.85. The quantitative estimate of drug-likeness (QED) is 0.794. The smallest absolute Gasteiger partial charge is 0.236 e. The average molecular weight is 282 g/mol. The minimum absolute atomic E-state index is 0.522. The van der Waals surface area contributed by atoms with E-state index in [0.29, 0.717) is 23.8 Å². The molecule has 0 aliphatic rings. The summed E-state index contributed by atoms with van der Waals surface area (Å²) >= 11 is 1.59. The lowest BCUT2D eigenvalue weighted by Crippen LogP contribution is -2.01. The van der Waals surface area contributed by atoms with Crippen LogP contribution in [0.2, 0.25) is 0 Å².